The molecule has 4 nitrogen and oxygen atoms in total. The van der Waals surface area contributed by atoms with Crippen LogP contribution in [0.4, 0.5) is 13.2 Å². The first kappa shape index (κ1) is 13.2. The molecule has 16 heavy (non-hydrogen) atoms. The Kier molecular flexibility index (Phi) is 4.15. The van der Waals surface area contributed by atoms with E-state index in [0.29, 0.717) is 17.7 Å². The molecule has 1 saturated heterocycles. The van der Waals surface area contributed by atoms with Crippen molar-refractivity contribution in [2.45, 2.75) is 31.2 Å². The number of hydrogen-bond donors (Lipinski definition) is 1. The van der Waals surface area contributed by atoms with Gasteiger partial charge in [-0.15, -0.1) is 0 Å². The molecule has 7 heteroatoms. The smallest absolute Gasteiger partial charge is 0.364 e. The van der Waals surface area contributed by atoms with Crippen LogP contribution in [0, 0.1) is 0 Å². The molecule has 0 aromatic rings. The van der Waals surface area contributed by atoms with Gasteiger partial charge in [0.05, 0.1) is 6.10 Å². The fourth-order valence-electron chi connectivity index (χ4n) is 1.65. The van der Waals surface area contributed by atoms with Crippen molar-refractivity contribution in [3.8, 4) is 0 Å². The third-order valence-electron chi connectivity index (χ3n) is 2.44. The van der Waals surface area contributed by atoms with Gasteiger partial charge in [0.1, 0.15) is 12.6 Å². The number of ether oxygens (including phenoxy) is 1. The number of nitrogens with zero attached hydrogens (tertiary/aromatic N) is 1. The van der Waals surface area contributed by atoms with Gasteiger partial charge in [0.25, 0.3) is 5.91 Å². The molecule has 0 bridgehead atoms. The maximum Gasteiger partial charge on any atom is 0.406 e. The lowest BCUT2D eigenvalue weighted by molar-refractivity contribution is -0.164. The Bertz CT molecular complexity index is 258. The molecule has 2 atom stereocenters. The van der Waals surface area contributed by atoms with Crippen LogP contribution in [0.25, 0.3) is 0 Å². The van der Waals surface area contributed by atoms with Crippen LogP contribution < -0.4 is 5.73 Å². The van der Waals surface area contributed by atoms with E-state index in [2.05, 4.69) is 0 Å². The van der Waals surface area contributed by atoms with E-state index in [1.807, 2.05) is 0 Å². The monoisotopic (exact) mass is 240 g/mol. The van der Waals surface area contributed by atoms with Gasteiger partial charge >= 0.3 is 6.18 Å². The Morgan fingerprint density at radius 1 is 1.50 bits per heavy atom. The fourth-order valence-corrected chi connectivity index (χ4v) is 1.65. The molecule has 1 heterocycles. The summed E-state index contributed by atoms with van der Waals surface area (Å²) >= 11 is 0. The van der Waals surface area contributed by atoms with E-state index in [4.69, 9.17) is 10.5 Å². The minimum atomic E-state index is -4.38. The van der Waals surface area contributed by atoms with Crippen LogP contribution in [-0.4, -0.2) is 49.3 Å². The largest absolute Gasteiger partial charge is 0.406 e. The molecule has 0 spiro atoms. The number of likely N-dealkylation sites (N-methyl/N-ethyl adjacent to an activating group) is 1. The highest BCUT2D eigenvalue weighted by Gasteiger charge is 2.36. The van der Waals surface area contributed by atoms with Crippen LogP contribution in [0.3, 0.4) is 0 Å². The maximum absolute atomic E-state index is 12.0. The molecular formula is C9H15F3N2O2. The average molecular weight is 240 g/mol. The zero-order valence-electron chi connectivity index (χ0n) is 8.96. The molecule has 0 aromatic carbocycles. The average Bonchev–Trinajstić information content (AvgIpc) is 2.61. The predicted octanol–water partition coefficient (Wildman–Crippen LogP) is 0.513. The lowest BCUT2D eigenvalue weighted by Crippen LogP contribution is -2.42. The molecule has 1 amide bonds. The minimum absolute atomic E-state index is 0.215. The summed E-state index contributed by atoms with van der Waals surface area (Å²) in [5, 5.41) is 0. The van der Waals surface area contributed by atoms with Gasteiger partial charge < -0.3 is 15.4 Å². The molecule has 2 unspecified atom stereocenters. The number of carbonyl (C=O) groups excluding carboxylic acids is 1. The normalized spacial score (nSPS) is 25.8. The first-order valence-electron chi connectivity index (χ1n) is 5.00. The van der Waals surface area contributed by atoms with Crippen LogP contribution in [0.1, 0.15) is 12.8 Å². The van der Waals surface area contributed by atoms with E-state index in [1.165, 1.54) is 0 Å². The molecule has 1 rings (SSSR count). The van der Waals surface area contributed by atoms with Gasteiger partial charge in [0.15, 0.2) is 0 Å². The van der Waals surface area contributed by atoms with E-state index in [-0.39, 0.29) is 12.6 Å². The minimum Gasteiger partial charge on any atom is -0.364 e. The van der Waals surface area contributed by atoms with Gasteiger partial charge in [-0.1, -0.05) is 0 Å². The quantitative estimate of drug-likeness (QED) is 0.782. The van der Waals surface area contributed by atoms with Crippen molar-refractivity contribution in [1.82, 2.24) is 4.90 Å². The van der Waals surface area contributed by atoms with Crippen molar-refractivity contribution < 1.29 is 22.7 Å². The predicted molar refractivity (Wildman–Crippen MR) is 50.6 cm³/mol. The number of halogens is 3. The van der Waals surface area contributed by atoms with Crippen molar-refractivity contribution >= 4 is 5.91 Å². The van der Waals surface area contributed by atoms with Crippen LogP contribution >= 0.6 is 0 Å². The Morgan fingerprint density at radius 3 is 2.56 bits per heavy atom. The standard InChI is InChI=1S/C9H15F3N2O2/c1-14(5-9(10,11)12)8(15)7-3-2-6(4-13)16-7/h6-7H,2-5,13H2,1H3. The lowest BCUT2D eigenvalue weighted by atomic mass is 10.2. The number of rotatable bonds is 3. The fraction of sp³-hybridized carbons (Fsp3) is 0.889. The molecule has 94 valence electrons. The topological polar surface area (TPSA) is 55.6 Å². The first-order valence-corrected chi connectivity index (χ1v) is 5.00. The summed E-state index contributed by atoms with van der Waals surface area (Å²) in [5.41, 5.74) is 5.34. The molecule has 0 saturated carbocycles. The van der Waals surface area contributed by atoms with Gasteiger partial charge in [0, 0.05) is 13.6 Å². The Balaban J connectivity index is 2.46. The molecule has 0 aliphatic carbocycles. The second kappa shape index (κ2) is 5.01. The molecular weight excluding hydrogens is 225 g/mol. The van der Waals surface area contributed by atoms with Crippen LogP contribution in [0.5, 0.6) is 0 Å². The Morgan fingerprint density at radius 2 is 2.12 bits per heavy atom. The first-order chi connectivity index (χ1) is 7.33. The second-order valence-electron chi connectivity index (χ2n) is 3.87. The van der Waals surface area contributed by atoms with E-state index in [0.717, 1.165) is 7.05 Å². The molecule has 0 radical (unpaired) electrons. The SMILES string of the molecule is CN(CC(F)(F)F)C(=O)C1CCC(CN)O1. The maximum atomic E-state index is 12.0. The third-order valence-corrected chi connectivity index (χ3v) is 2.44. The summed E-state index contributed by atoms with van der Waals surface area (Å²) in [4.78, 5) is 12.2. The highest BCUT2D eigenvalue weighted by molar-refractivity contribution is 5.81. The molecule has 2 N–H and O–H groups in total. The summed E-state index contributed by atoms with van der Waals surface area (Å²) in [5.74, 6) is -0.631. The van der Waals surface area contributed by atoms with Crippen LogP contribution in [-0.2, 0) is 9.53 Å². The van der Waals surface area contributed by atoms with Gasteiger partial charge in [0.2, 0.25) is 0 Å². The summed E-state index contributed by atoms with van der Waals surface area (Å²) in [6.45, 7) is -0.967. The van der Waals surface area contributed by atoms with Crippen molar-refractivity contribution in [2.24, 2.45) is 5.73 Å². The van der Waals surface area contributed by atoms with Crippen LogP contribution in [0.2, 0.25) is 0 Å². The Labute approximate surface area is 91.5 Å². The highest BCUT2D eigenvalue weighted by atomic mass is 19.4. The summed E-state index contributed by atoms with van der Waals surface area (Å²) in [7, 11) is 1.12. The van der Waals surface area contributed by atoms with E-state index < -0.39 is 24.7 Å². The molecule has 1 aliphatic rings. The van der Waals surface area contributed by atoms with Crippen molar-refractivity contribution in [3.05, 3.63) is 0 Å². The second-order valence-corrected chi connectivity index (χ2v) is 3.87. The van der Waals surface area contributed by atoms with Crippen molar-refractivity contribution in [3.63, 3.8) is 0 Å². The highest BCUT2D eigenvalue weighted by Crippen LogP contribution is 2.22. The lowest BCUT2D eigenvalue weighted by Gasteiger charge is -2.22. The van der Waals surface area contributed by atoms with E-state index >= 15 is 0 Å². The van der Waals surface area contributed by atoms with Gasteiger partial charge in [-0.3, -0.25) is 4.79 Å². The van der Waals surface area contributed by atoms with E-state index in [1.54, 1.807) is 0 Å². The van der Waals surface area contributed by atoms with Gasteiger partial charge in [-0.05, 0) is 12.8 Å². The van der Waals surface area contributed by atoms with Gasteiger partial charge in [-0.2, -0.15) is 13.2 Å². The van der Waals surface area contributed by atoms with Crippen molar-refractivity contribution in [1.29, 1.82) is 0 Å². The third kappa shape index (κ3) is 3.64. The molecule has 1 fully saturated rings. The summed E-state index contributed by atoms with van der Waals surface area (Å²) in [6, 6.07) is 0. The summed E-state index contributed by atoms with van der Waals surface area (Å²) < 4.78 is 41.3. The Hall–Kier alpha value is -0.820. The van der Waals surface area contributed by atoms with Crippen LogP contribution in [0.15, 0.2) is 0 Å². The zero-order chi connectivity index (χ0) is 12.3. The number of amides is 1. The number of alkyl halides is 3. The number of nitrogens with two attached hydrogens (primary N) is 1. The van der Waals surface area contributed by atoms with Crippen molar-refractivity contribution in [2.75, 3.05) is 20.1 Å². The van der Waals surface area contributed by atoms with E-state index in [9.17, 15) is 18.0 Å². The molecule has 0 aromatic heterocycles. The number of carbonyl (C=O) groups is 1. The van der Waals surface area contributed by atoms with Gasteiger partial charge in [-0.25, -0.2) is 0 Å². The molecule has 1 aliphatic heterocycles. The number of hydrogen-bond acceptors (Lipinski definition) is 3. The zero-order valence-corrected chi connectivity index (χ0v) is 8.96. The summed E-state index contributed by atoms with van der Waals surface area (Å²) in [6.07, 6.45) is -4.32.